The van der Waals surface area contributed by atoms with E-state index in [9.17, 15) is 4.79 Å². The molecule has 1 aliphatic carbocycles. The molecular weight excluding hydrogens is 176 g/mol. The molecule has 3 rings (SSSR count). The highest BCUT2D eigenvalue weighted by atomic mass is 16.2. The van der Waals surface area contributed by atoms with Crippen LogP contribution in [0, 0.1) is 5.92 Å². The number of hydrogen-bond donors (Lipinski definition) is 1. The molecule has 0 aromatic heterocycles. The first-order valence-electron chi connectivity index (χ1n) is 5.89. The van der Waals surface area contributed by atoms with Crippen molar-refractivity contribution in [1.82, 2.24) is 10.2 Å². The number of fused-ring (bicyclic) bond motifs is 2. The van der Waals surface area contributed by atoms with Gasteiger partial charge in [-0.25, -0.2) is 0 Å². The molecule has 2 saturated heterocycles. The van der Waals surface area contributed by atoms with Crippen molar-refractivity contribution in [2.45, 2.75) is 44.2 Å². The lowest BCUT2D eigenvalue weighted by molar-refractivity contribution is -0.133. The third kappa shape index (κ3) is 1.26. The Morgan fingerprint density at radius 1 is 1.21 bits per heavy atom. The van der Waals surface area contributed by atoms with Gasteiger partial charge in [0.15, 0.2) is 0 Å². The Balaban J connectivity index is 1.67. The molecular formula is C11H18N2O. The molecule has 2 heterocycles. The van der Waals surface area contributed by atoms with E-state index in [1.54, 1.807) is 0 Å². The lowest BCUT2D eigenvalue weighted by atomic mass is 9.99. The minimum Gasteiger partial charge on any atom is -0.341 e. The van der Waals surface area contributed by atoms with Crippen molar-refractivity contribution in [3.8, 4) is 0 Å². The fraction of sp³-hybridized carbons (Fsp3) is 0.909. The van der Waals surface area contributed by atoms with Crippen LogP contribution in [0.2, 0.25) is 0 Å². The maximum Gasteiger partial charge on any atom is 0.240 e. The van der Waals surface area contributed by atoms with Gasteiger partial charge in [0.25, 0.3) is 0 Å². The van der Waals surface area contributed by atoms with Crippen LogP contribution in [-0.2, 0) is 4.79 Å². The Bertz CT molecular complexity index is 248. The highest BCUT2D eigenvalue weighted by Crippen LogP contribution is 2.36. The van der Waals surface area contributed by atoms with E-state index in [2.05, 4.69) is 10.2 Å². The van der Waals surface area contributed by atoms with Crippen LogP contribution >= 0.6 is 0 Å². The third-order valence-electron chi connectivity index (χ3n) is 4.04. The zero-order valence-electron chi connectivity index (χ0n) is 8.54. The monoisotopic (exact) mass is 194 g/mol. The number of carbonyl (C=O) groups is 1. The second-order valence-corrected chi connectivity index (χ2v) is 4.95. The van der Waals surface area contributed by atoms with Gasteiger partial charge in [0.1, 0.15) is 0 Å². The van der Waals surface area contributed by atoms with Gasteiger partial charge in [0.05, 0.1) is 6.04 Å². The Kier molecular flexibility index (Phi) is 2.01. The first-order chi connectivity index (χ1) is 6.84. The van der Waals surface area contributed by atoms with Gasteiger partial charge in [0, 0.05) is 19.1 Å². The summed E-state index contributed by atoms with van der Waals surface area (Å²) in [4.78, 5) is 14.2. The Morgan fingerprint density at radius 2 is 2.00 bits per heavy atom. The van der Waals surface area contributed by atoms with Gasteiger partial charge in [-0.2, -0.15) is 0 Å². The molecule has 14 heavy (non-hydrogen) atoms. The number of rotatable bonds is 1. The molecule has 78 valence electrons. The molecule has 0 spiro atoms. The maximum atomic E-state index is 12.1. The van der Waals surface area contributed by atoms with Crippen molar-refractivity contribution in [1.29, 1.82) is 0 Å². The first kappa shape index (κ1) is 8.72. The van der Waals surface area contributed by atoms with Gasteiger partial charge >= 0.3 is 0 Å². The van der Waals surface area contributed by atoms with E-state index in [0.29, 0.717) is 17.9 Å². The standard InChI is InChI=1S/C11H18N2O/c14-11(13-5-1-2-6-13)10-8-3-4-9(7-8)12-10/h8-10,12H,1-7H2/t8-,9+,10+/m1/s1. The first-order valence-corrected chi connectivity index (χ1v) is 5.89. The van der Waals surface area contributed by atoms with Crippen LogP contribution < -0.4 is 5.32 Å². The lowest BCUT2D eigenvalue weighted by Crippen LogP contribution is -2.48. The minimum atomic E-state index is 0.173. The Hall–Kier alpha value is -0.570. The van der Waals surface area contributed by atoms with Crippen molar-refractivity contribution in [2.24, 2.45) is 5.92 Å². The van der Waals surface area contributed by atoms with Gasteiger partial charge in [-0.05, 0) is 38.0 Å². The molecule has 0 aromatic carbocycles. The Morgan fingerprint density at radius 3 is 2.57 bits per heavy atom. The van der Waals surface area contributed by atoms with Gasteiger partial charge in [-0.1, -0.05) is 0 Å². The van der Waals surface area contributed by atoms with E-state index in [4.69, 9.17) is 0 Å². The van der Waals surface area contributed by atoms with Gasteiger partial charge in [-0.3, -0.25) is 4.79 Å². The van der Waals surface area contributed by atoms with E-state index in [1.807, 2.05) is 0 Å². The summed E-state index contributed by atoms with van der Waals surface area (Å²) in [6.45, 7) is 1.99. The number of amides is 1. The zero-order valence-corrected chi connectivity index (χ0v) is 8.54. The fourth-order valence-corrected chi connectivity index (χ4v) is 3.27. The highest BCUT2D eigenvalue weighted by molar-refractivity contribution is 5.83. The molecule has 2 bridgehead atoms. The third-order valence-corrected chi connectivity index (χ3v) is 4.04. The molecule has 1 saturated carbocycles. The predicted octanol–water partition coefficient (Wildman–Crippen LogP) is 0.749. The predicted molar refractivity (Wildman–Crippen MR) is 53.9 cm³/mol. The highest BCUT2D eigenvalue weighted by Gasteiger charge is 2.44. The summed E-state index contributed by atoms with van der Waals surface area (Å²) in [5, 5.41) is 3.48. The van der Waals surface area contributed by atoms with Crippen LogP contribution in [0.1, 0.15) is 32.1 Å². The summed E-state index contributed by atoms with van der Waals surface area (Å²) >= 11 is 0. The number of likely N-dealkylation sites (tertiary alicyclic amines) is 1. The molecule has 3 fully saturated rings. The smallest absolute Gasteiger partial charge is 0.240 e. The average molecular weight is 194 g/mol. The minimum absolute atomic E-state index is 0.173. The molecule has 3 aliphatic rings. The molecule has 0 radical (unpaired) electrons. The summed E-state index contributed by atoms with van der Waals surface area (Å²) in [6.07, 6.45) is 6.19. The fourth-order valence-electron chi connectivity index (χ4n) is 3.27. The molecule has 2 aliphatic heterocycles. The summed E-state index contributed by atoms with van der Waals surface area (Å²) in [6, 6.07) is 0.823. The van der Waals surface area contributed by atoms with E-state index in [0.717, 1.165) is 13.1 Å². The number of nitrogens with one attached hydrogen (secondary N) is 1. The summed E-state index contributed by atoms with van der Waals surface area (Å²) in [7, 11) is 0. The number of hydrogen-bond acceptors (Lipinski definition) is 2. The molecule has 3 atom stereocenters. The van der Waals surface area contributed by atoms with E-state index < -0.39 is 0 Å². The molecule has 3 heteroatoms. The number of piperidine rings is 1. The second kappa shape index (κ2) is 3.23. The van der Waals surface area contributed by atoms with Crippen molar-refractivity contribution in [2.75, 3.05) is 13.1 Å². The lowest BCUT2D eigenvalue weighted by Gasteiger charge is -2.26. The molecule has 1 N–H and O–H groups in total. The normalized spacial score (nSPS) is 40.9. The van der Waals surface area contributed by atoms with Crippen LogP contribution in [0.25, 0.3) is 0 Å². The van der Waals surface area contributed by atoms with Crippen molar-refractivity contribution >= 4 is 5.91 Å². The SMILES string of the molecule is O=C([C@H]1N[C@H]2CC[C@@H]1C2)N1CCCC1. The molecule has 3 nitrogen and oxygen atoms in total. The topological polar surface area (TPSA) is 32.3 Å². The maximum absolute atomic E-state index is 12.1. The number of carbonyl (C=O) groups excluding carboxylic acids is 1. The van der Waals surface area contributed by atoms with E-state index >= 15 is 0 Å². The Labute approximate surface area is 84.8 Å². The van der Waals surface area contributed by atoms with E-state index in [1.165, 1.54) is 32.1 Å². The van der Waals surface area contributed by atoms with E-state index in [-0.39, 0.29) is 6.04 Å². The molecule has 0 unspecified atom stereocenters. The molecule has 0 aromatic rings. The van der Waals surface area contributed by atoms with Crippen molar-refractivity contribution < 1.29 is 4.79 Å². The number of nitrogens with zero attached hydrogens (tertiary/aromatic N) is 1. The quantitative estimate of drug-likeness (QED) is 0.668. The summed E-state index contributed by atoms with van der Waals surface area (Å²) in [5.74, 6) is 1.03. The average Bonchev–Trinajstić information content (AvgIpc) is 2.93. The van der Waals surface area contributed by atoms with Crippen LogP contribution in [0.15, 0.2) is 0 Å². The van der Waals surface area contributed by atoms with Crippen LogP contribution in [0.4, 0.5) is 0 Å². The van der Waals surface area contributed by atoms with Crippen molar-refractivity contribution in [3.63, 3.8) is 0 Å². The van der Waals surface area contributed by atoms with Gasteiger partial charge < -0.3 is 10.2 Å². The van der Waals surface area contributed by atoms with Crippen LogP contribution in [-0.4, -0.2) is 36.0 Å². The van der Waals surface area contributed by atoms with Crippen LogP contribution in [0.5, 0.6) is 0 Å². The summed E-state index contributed by atoms with van der Waals surface area (Å²) < 4.78 is 0. The van der Waals surface area contributed by atoms with Crippen molar-refractivity contribution in [3.05, 3.63) is 0 Å². The van der Waals surface area contributed by atoms with Crippen LogP contribution in [0.3, 0.4) is 0 Å². The van der Waals surface area contributed by atoms with Gasteiger partial charge in [-0.15, -0.1) is 0 Å². The largest absolute Gasteiger partial charge is 0.341 e. The van der Waals surface area contributed by atoms with Gasteiger partial charge in [0.2, 0.25) is 5.91 Å². The molecule has 1 amide bonds. The second-order valence-electron chi connectivity index (χ2n) is 4.95. The summed E-state index contributed by atoms with van der Waals surface area (Å²) in [5.41, 5.74) is 0. The zero-order chi connectivity index (χ0) is 9.54.